The predicted molar refractivity (Wildman–Crippen MR) is 80.7 cm³/mol. The summed E-state index contributed by atoms with van der Waals surface area (Å²) in [6.07, 6.45) is 0. The van der Waals surface area contributed by atoms with Crippen LogP contribution in [0.25, 0.3) is 0 Å². The fourth-order valence-electron chi connectivity index (χ4n) is 2.08. The molecule has 0 heterocycles. The smallest absolute Gasteiger partial charge is 0.240 e. The van der Waals surface area contributed by atoms with Crippen LogP contribution in [0.2, 0.25) is 0 Å². The summed E-state index contributed by atoms with van der Waals surface area (Å²) in [5.74, 6) is -0.328. The summed E-state index contributed by atoms with van der Waals surface area (Å²) < 4.78 is 36.6. The molecule has 2 rings (SSSR count). The van der Waals surface area contributed by atoms with E-state index in [4.69, 9.17) is 10.9 Å². The lowest BCUT2D eigenvalue weighted by molar-refractivity contribution is 0.598. The lowest BCUT2D eigenvalue weighted by atomic mass is 10.2. The van der Waals surface area contributed by atoms with E-state index in [2.05, 4.69) is 0 Å². The van der Waals surface area contributed by atoms with Gasteiger partial charge in [-0.1, -0.05) is 24.3 Å². The normalized spacial score (nSPS) is 11.4. The Balaban J connectivity index is 2.37. The number of rotatable bonds is 4. The zero-order valence-corrected chi connectivity index (χ0v) is 12.3. The molecule has 0 amide bonds. The van der Waals surface area contributed by atoms with E-state index < -0.39 is 10.0 Å². The molecule has 0 aliphatic carbocycles. The summed E-state index contributed by atoms with van der Waals surface area (Å²) >= 11 is 0. The molecule has 0 aromatic heterocycles. The fourth-order valence-corrected chi connectivity index (χ4v) is 2.76. The number of nitrogen functional groups attached to an aromatic ring is 1. The Morgan fingerprint density at radius 3 is 2.43 bits per heavy atom. The Hall–Kier alpha value is -2.12. The minimum atomic E-state index is -3.90. The minimum absolute atomic E-state index is 0.0545. The SMILES string of the molecule is CN(Cc1ccccc1F)c1cccc(S(N)(=O)=O)c1N. The first-order chi connectivity index (χ1) is 9.80. The highest BCUT2D eigenvalue weighted by Crippen LogP contribution is 2.29. The molecule has 0 fully saturated rings. The number of nitrogens with two attached hydrogens (primary N) is 2. The first-order valence-corrected chi connectivity index (χ1v) is 7.71. The van der Waals surface area contributed by atoms with Crippen molar-refractivity contribution in [2.45, 2.75) is 11.4 Å². The molecule has 0 saturated heterocycles. The zero-order chi connectivity index (χ0) is 15.6. The summed E-state index contributed by atoms with van der Waals surface area (Å²) in [5, 5.41) is 5.12. The maximum absolute atomic E-state index is 13.7. The van der Waals surface area contributed by atoms with Gasteiger partial charge in [-0.15, -0.1) is 0 Å². The van der Waals surface area contributed by atoms with E-state index in [0.717, 1.165) is 0 Å². The highest BCUT2D eigenvalue weighted by molar-refractivity contribution is 7.89. The number of primary sulfonamides is 1. The van der Waals surface area contributed by atoms with Crippen molar-refractivity contribution < 1.29 is 12.8 Å². The first kappa shape index (κ1) is 15.3. The average molecular weight is 309 g/mol. The molecule has 2 aromatic carbocycles. The van der Waals surface area contributed by atoms with Gasteiger partial charge in [0, 0.05) is 19.2 Å². The number of anilines is 2. The van der Waals surface area contributed by atoms with Crippen LogP contribution < -0.4 is 15.8 Å². The van der Waals surface area contributed by atoms with Crippen LogP contribution in [0.3, 0.4) is 0 Å². The lowest BCUT2D eigenvalue weighted by Crippen LogP contribution is -2.21. The Kier molecular flexibility index (Phi) is 4.15. The number of benzene rings is 2. The number of para-hydroxylation sites is 1. The molecule has 0 aliphatic rings. The van der Waals surface area contributed by atoms with E-state index in [1.807, 2.05) is 0 Å². The molecule has 21 heavy (non-hydrogen) atoms. The second-order valence-corrected chi connectivity index (χ2v) is 6.21. The number of halogens is 1. The van der Waals surface area contributed by atoms with E-state index in [1.165, 1.54) is 12.1 Å². The van der Waals surface area contributed by atoms with Gasteiger partial charge in [0.05, 0.1) is 11.4 Å². The molecule has 2 aromatic rings. The summed E-state index contributed by atoms with van der Waals surface area (Å²) in [7, 11) is -2.20. The highest BCUT2D eigenvalue weighted by Gasteiger charge is 2.17. The monoisotopic (exact) mass is 309 g/mol. The minimum Gasteiger partial charge on any atom is -0.396 e. The van der Waals surface area contributed by atoms with Gasteiger partial charge in [0.1, 0.15) is 10.7 Å². The second-order valence-electron chi connectivity index (χ2n) is 4.68. The van der Waals surface area contributed by atoms with Crippen LogP contribution in [-0.4, -0.2) is 15.5 Å². The number of hydrogen-bond donors (Lipinski definition) is 2. The maximum Gasteiger partial charge on any atom is 0.240 e. The summed E-state index contributed by atoms with van der Waals surface area (Å²) in [6.45, 7) is 0.255. The van der Waals surface area contributed by atoms with Crippen molar-refractivity contribution in [2.75, 3.05) is 17.7 Å². The standard InChI is InChI=1S/C14H16FN3O2S/c1-18(9-10-5-2-3-6-11(10)15)12-7-4-8-13(14(12)16)21(17,19)20/h2-8H,9,16H2,1H3,(H2,17,19,20). The lowest BCUT2D eigenvalue weighted by Gasteiger charge is -2.22. The summed E-state index contributed by atoms with van der Waals surface area (Å²) in [4.78, 5) is 1.53. The number of nitrogens with zero attached hydrogens (tertiary/aromatic N) is 1. The molecule has 4 N–H and O–H groups in total. The number of sulfonamides is 1. The van der Waals surface area contributed by atoms with E-state index in [0.29, 0.717) is 11.3 Å². The molecule has 7 heteroatoms. The van der Waals surface area contributed by atoms with Crippen molar-refractivity contribution in [3.05, 3.63) is 53.8 Å². The highest BCUT2D eigenvalue weighted by atomic mass is 32.2. The molecule has 0 atom stereocenters. The van der Waals surface area contributed by atoms with Crippen LogP contribution in [0.15, 0.2) is 47.4 Å². The van der Waals surface area contributed by atoms with E-state index in [-0.39, 0.29) is 22.9 Å². The van der Waals surface area contributed by atoms with Crippen LogP contribution in [0.4, 0.5) is 15.8 Å². The zero-order valence-electron chi connectivity index (χ0n) is 11.5. The van der Waals surface area contributed by atoms with Crippen molar-refractivity contribution >= 4 is 21.4 Å². The third-order valence-electron chi connectivity index (χ3n) is 3.13. The second kappa shape index (κ2) is 5.71. The van der Waals surface area contributed by atoms with Crippen molar-refractivity contribution in [3.8, 4) is 0 Å². The van der Waals surface area contributed by atoms with Gasteiger partial charge < -0.3 is 10.6 Å². The molecule has 0 radical (unpaired) electrons. The van der Waals surface area contributed by atoms with E-state index in [9.17, 15) is 12.8 Å². The number of hydrogen-bond acceptors (Lipinski definition) is 4. The Morgan fingerprint density at radius 1 is 1.14 bits per heavy atom. The van der Waals surface area contributed by atoms with Gasteiger partial charge in [-0.05, 0) is 18.2 Å². The summed E-state index contributed by atoms with van der Waals surface area (Å²) in [5.41, 5.74) is 6.89. The Bertz CT molecular complexity index is 763. The molecule has 112 valence electrons. The molecule has 5 nitrogen and oxygen atoms in total. The molecular formula is C14H16FN3O2S. The van der Waals surface area contributed by atoms with Crippen LogP contribution in [0.1, 0.15) is 5.56 Å². The molecule has 0 spiro atoms. The van der Waals surface area contributed by atoms with Gasteiger partial charge >= 0.3 is 0 Å². The third-order valence-corrected chi connectivity index (χ3v) is 4.10. The van der Waals surface area contributed by atoms with Gasteiger partial charge in [-0.25, -0.2) is 17.9 Å². The predicted octanol–water partition coefficient (Wildman–Crippen LogP) is 1.69. The first-order valence-electron chi connectivity index (χ1n) is 6.16. The van der Waals surface area contributed by atoms with Crippen molar-refractivity contribution in [1.29, 1.82) is 0 Å². The van der Waals surface area contributed by atoms with E-state index >= 15 is 0 Å². The fraction of sp³-hybridized carbons (Fsp3) is 0.143. The van der Waals surface area contributed by atoms with Gasteiger partial charge in [0.25, 0.3) is 0 Å². The van der Waals surface area contributed by atoms with E-state index in [1.54, 1.807) is 42.3 Å². The molecule has 0 unspecified atom stereocenters. The molecule has 0 bridgehead atoms. The Morgan fingerprint density at radius 2 is 1.81 bits per heavy atom. The van der Waals surface area contributed by atoms with Crippen LogP contribution in [-0.2, 0) is 16.6 Å². The topological polar surface area (TPSA) is 89.4 Å². The molecule has 0 saturated carbocycles. The van der Waals surface area contributed by atoms with Crippen LogP contribution >= 0.6 is 0 Å². The van der Waals surface area contributed by atoms with Crippen molar-refractivity contribution in [1.82, 2.24) is 0 Å². The Labute approximate surface area is 123 Å². The van der Waals surface area contributed by atoms with Gasteiger partial charge in [0.15, 0.2) is 0 Å². The van der Waals surface area contributed by atoms with Gasteiger partial charge in [0.2, 0.25) is 10.0 Å². The van der Waals surface area contributed by atoms with Gasteiger partial charge in [-0.3, -0.25) is 0 Å². The maximum atomic E-state index is 13.7. The van der Waals surface area contributed by atoms with Crippen molar-refractivity contribution in [3.63, 3.8) is 0 Å². The molecule has 0 aliphatic heterocycles. The average Bonchev–Trinajstić information content (AvgIpc) is 2.40. The summed E-state index contributed by atoms with van der Waals surface area (Å²) in [6, 6.07) is 10.9. The largest absolute Gasteiger partial charge is 0.396 e. The van der Waals surface area contributed by atoms with Crippen molar-refractivity contribution in [2.24, 2.45) is 5.14 Å². The van der Waals surface area contributed by atoms with Crippen LogP contribution in [0, 0.1) is 5.82 Å². The third kappa shape index (κ3) is 3.32. The van der Waals surface area contributed by atoms with Crippen LogP contribution in [0.5, 0.6) is 0 Å². The van der Waals surface area contributed by atoms with Gasteiger partial charge in [-0.2, -0.15) is 0 Å². The molecular weight excluding hydrogens is 293 g/mol. The quantitative estimate of drug-likeness (QED) is 0.841.